The molecule has 6 heteroatoms. The summed E-state index contributed by atoms with van der Waals surface area (Å²) in [7, 11) is 0. The third-order valence-electron chi connectivity index (χ3n) is 2.52. The van der Waals surface area contributed by atoms with Crippen molar-refractivity contribution in [2.24, 2.45) is 5.92 Å². The van der Waals surface area contributed by atoms with Crippen LogP contribution in [-0.2, 0) is 4.84 Å². The van der Waals surface area contributed by atoms with E-state index in [0.29, 0.717) is 0 Å². The zero-order chi connectivity index (χ0) is 10.6. The number of rotatable bonds is 2. The number of thiol groups is 2. The van der Waals surface area contributed by atoms with Crippen molar-refractivity contribution in [1.29, 1.82) is 0 Å². The van der Waals surface area contributed by atoms with Crippen molar-refractivity contribution in [3.63, 3.8) is 0 Å². The van der Waals surface area contributed by atoms with Gasteiger partial charge in [-0.25, -0.2) is 4.79 Å². The molecule has 1 heterocycles. The maximum Gasteiger partial charge on any atom is 0.449 e. The predicted octanol–water partition coefficient (Wildman–Crippen LogP) is 2.15. The van der Waals surface area contributed by atoms with E-state index in [1.165, 1.54) is 6.42 Å². The lowest BCUT2D eigenvalue weighted by molar-refractivity contribution is -0.120. The van der Waals surface area contributed by atoms with E-state index < -0.39 is 6.09 Å². The van der Waals surface area contributed by atoms with Crippen molar-refractivity contribution in [3.05, 3.63) is 0 Å². The Morgan fingerprint density at radius 1 is 1.50 bits per heavy atom. The smallest absolute Gasteiger partial charge is 0.350 e. The number of amides is 1. The normalized spacial score (nSPS) is 19.4. The number of carbonyl (C=O) groups is 1. The molecule has 0 aromatic heterocycles. The summed E-state index contributed by atoms with van der Waals surface area (Å²) in [5.41, 5.74) is 0. The molecule has 1 aliphatic rings. The summed E-state index contributed by atoms with van der Waals surface area (Å²) in [4.78, 5) is 16.1. The van der Waals surface area contributed by atoms with Gasteiger partial charge in [-0.15, -0.1) is 5.06 Å². The lowest BCUT2D eigenvalue weighted by Crippen LogP contribution is -2.36. The van der Waals surface area contributed by atoms with Crippen LogP contribution in [0.25, 0.3) is 0 Å². The Morgan fingerprint density at radius 2 is 2.07 bits per heavy atom. The molecule has 0 radical (unpaired) electrons. The highest BCUT2D eigenvalue weighted by Crippen LogP contribution is 2.20. The van der Waals surface area contributed by atoms with Crippen LogP contribution in [-0.4, -0.2) is 28.0 Å². The molecule has 14 heavy (non-hydrogen) atoms. The molecule has 0 saturated carbocycles. The molecule has 0 atom stereocenters. The molecule has 82 valence electrons. The van der Waals surface area contributed by atoms with Gasteiger partial charge in [0.2, 0.25) is 0 Å². The highest BCUT2D eigenvalue weighted by Gasteiger charge is 2.21. The van der Waals surface area contributed by atoms with E-state index in [-0.39, 0.29) is 0 Å². The Kier molecular flexibility index (Phi) is 4.91. The molecule has 1 amide bonds. The Labute approximate surface area is 95.6 Å². The standard InChI is InChI=1S/C8H16N2O2S2/c1-2-7-3-5-9(6-4-7)12-8(11)10(13)14/h7,13-14H,2-6H2,1H3. The van der Waals surface area contributed by atoms with Crippen molar-refractivity contribution in [3.8, 4) is 0 Å². The van der Waals surface area contributed by atoms with Gasteiger partial charge in [-0.05, 0) is 44.4 Å². The number of hydroxylamine groups is 2. The largest absolute Gasteiger partial charge is 0.449 e. The third-order valence-corrected chi connectivity index (χ3v) is 2.85. The van der Waals surface area contributed by atoms with Crippen LogP contribution in [0.15, 0.2) is 0 Å². The second kappa shape index (κ2) is 5.72. The Hall–Kier alpha value is -0.0700. The fourth-order valence-corrected chi connectivity index (χ4v) is 1.63. The van der Waals surface area contributed by atoms with Crippen LogP contribution in [0.3, 0.4) is 0 Å². The van der Waals surface area contributed by atoms with Gasteiger partial charge in [-0.3, -0.25) is 0 Å². The van der Waals surface area contributed by atoms with Crippen LogP contribution >= 0.6 is 25.6 Å². The summed E-state index contributed by atoms with van der Waals surface area (Å²) >= 11 is 7.45. The number of carbonyl (C=O) groups excluding carboxylic acids is 1. The van der Waals surface area contributed by atoms with Crippen molar-refractivity contribution >= 4 is 31.7 Å². The lowest BCUT2D eigenvalue weighted by atomic mass is 9.95. The van der Waals surface area contributed by atoms with Crippen molar-refractivity contribution in [2.75, 3.05) is 13.1 Å². The number of hydrogen-bond donors (Lipinski definition) is 2. The van der Waals surface area contributed by atoms with Gasteiger partial charge in [0.25, 0.3) is 0 Å². The van der Waals surface area contributed by atoms with Crippen LogP contribution < -0.4 is 0 Å². The molecule has 1 aliphatic heterocycles. The van der Waals surface area contributed by atoms with E-state index in [1.807, 2.05) is 0 Å². The maximum atomic E-state index is 11.1. The van der Waals surface area contributed by atoms with E-state index >= 15 is 0 Å². The minimum atomic E-state index is -0.549. The molecule has 1 rings (SSSR count). The second-order valence-electron chi connectivity index (χ2n) is 3.43. The number of nitrogens with zero attached hydrogens (tertiary/aromatic N) is 2. The molecule has 0 aromatic carbocycles. The average Bonchev–Trinajstić information content (AvgIpc) is 2.19. The van der Waals surface area contributed by atoms with Crippen LogP contribution in [0.1, 0.15) is 26.2 Å². The zero-order valence-corrected chi connectivity index (χ0v) is 10.0. The first-order valence-electron chi connectivity index (χ1n) is 4.78. The van der Waals surface area contributed by atoms with E-state index in [4.69, 9.17) is 4.84 Å². The molecule has 1 saturated heterocycles. The molecule has 0 aromatic rings. The SMILES string of the molecule is CCC1CCN(OC(=O)N(S)S)CC1. The third kappa shape index (κ3) is 3.59. The van der Waals surface area contributed by atoms with E-state index in [0.717, 1.165) is 35.6 Å². The summed E-state index contributed by atoms with van der Waals surface area (Å²) in [6.45, 7) is 3.80. The summed E-state index contributed by atoms with van der Waals surface area (Å²) in [6.07, 6.45) is 2.82. The van der Waals surface area contributed by atoms with E-state index in [9.17, 15) is 4.79 Å². The first-order valence-corrected chi connectivity index (χ1v) is 5.58. The number of piperidine rings is 1. The van der Waals surface area contributed by atoms with Gasteiger partial charge in [0.1, 0.15) is 0 Å². The first kappa shape index (κ1) is 12.0. The quantitative estimate of drug-likeness (QED) is 0.721. The molecular weight excluding hydrogens is 220 g/mol. The number of hydrogen-bond acceptors (Lipinski definition) is 5. The van der Waals surface area contributed by atoms with Gasteiger partial charge < -0.3 is 4.84 Å². The first-order chi connectivity index (χ1) is 6.63. The Balaban J connectivity index is 2.25. The van der Waals surface area contributed by atoms with E-state index in [1.54, 1.807) is 5.06 Å². The average molecular weight is 236 g/mol. The monoisotopic (exact) mass is 236 g/mol. The lowest BCUT2D eigenvalue weighted by Gasteiger charge is -2.30. The Morgan fingerprint density at radius 3 is 2.50 bits per heavy atom. The van der Waals surface area contributed by atoms with Crippen LogP contribution in [0.2, 0.25) is 0 Å². The molecule has 0 N–H and O–H groups in total. The van der Waals surface area contributed by atoms with Gasteiger partial charge in [0.15, 0.2) is 0 Å². The fraction of sp³-hybridized carbons (Fsp3) is 0.875. The van der Waals surface area contributed by atoms with Gasteiger partial charge in [0.05, 0.1) is 0 Å². The minimum Gasteiger partial charge on any atom is -0.350 e. The van der Waals surface area contributed by atoms with Gasteiger partial charge in [0, 0.05) is 13.1 Å². The minimum absolute atomic E-state index is 0.549. The van der Waals surface area contributed by atoms with Crippen molar-refractivity contribution in [1.82, 2.24) is 8.77 Å². The zero-order valence-electron chi connectivity index (χ0n) is 8.22. The van der Waals surface area contributed by atoms with Gasteiger partial charge in [-0.2, -0.15) is 3.71 Å². The van der Waals surface area contributed by atoms with Gasteiger partial charge in [-0.1, -0.05) is 13.3 Å². The van der Waals surface area contributed by atoms with Crippen molar-refractivity contribution in [2.45, 2.75) is 26.2 Å². The maximum absolute atomic E-state index is 11.1. The topological polar surface area (TPSA) is 32.8 Å². The molecule has 0 spiro atoms. The molecule has 1 fully saturated rings. The molecule has 4 nitrogen and oxygen atoms in total. The summed E-state index contributed by atoms with van der Waals surface area (Å²) in [6, 6.07) is 0. The fourth-order valence-electron chi connectivity index (χ4n) is 1.56. The summed E-state index contributed by atoms with van der Waals surface area (Å²) < 4.78 is 0.839. The van der Waals surface area contributed by atoms with Crippen LogP contribution in [0, 0.1) is 5.92 Å². The van der Waals surface area contributed by atoms with Gasteiger partial charge >= 0.3 is 6.09 Å². The van der Waals surface area contributed by atoms with Crippen LogP contribution in [0.4, 0.5) is 4.79 Å². The summed E-state index contributed by atoms with van der Waals surface area (Å²) in [5, 5.41) is 1.67. The van der Waals surface area contributed by atoms with Crippen molar-refractivity contribution < 1.29 is 9.63 Å². The molecular formula is C8H16N2O2S2. The Bertz CT molecular complexity index is 194. The predicted molar refractivity (Wildman–Crippen MR) is 60.9 cm³/mol. The highest BCUT2D eigenvalue weighted by molar-refractivity contribution is 7.94. The molecule has 0 unspecified atom stereocenters. The van der Waals surface area contributed by atoms with E-state index in [2.05, 4.69) is 32.6 Å². The second-order valence-corrected chi connectivity index (χ2v) is 4.54. The van der Waals surface area contributed by atoms with Crippen LogP contribution in [0.5, 0.6) is 0 Å². The highest BCUT2D eigenvalue weighted by atomic mass is 32.2. The molecule has 0 aliphatic carbocycles. The molecule has 0 bridgehead atoms. The summed E-state index contributed by atoms with van der Waals surface area (Å²) in [5.74, 6) is 0.771.